The minimum absolute atomic E-state index is 0.0394. The summed E-state index contributed by atoms with van der Waals surface area (Å²) in [6.07, 6.45) is -4.43. The van der Waals surface area contributed by atoms with Crippen molar-refractivity contribution in [1.82, 2.24) is 4.90 Å². The fraction of sp³-hybridized carbons (Fsp3) is 0.308. The van der Waals surface area contributed by atoms with Crippen LogP contribution in [-0.4, -0.2) is 24.0 Å². The van der Waals surface area contributed by atoms with Crippen molar-refractivity contribution in [3.05, 3.63) is 106 Å². The first kappa shape index (κ1) is 23.7. The van der Waals surface area contributed by atoms with Crippen molar-refractivity contribution in [3.8, 4) is 0 Å². The Labute approximate surface area is 196 Å². The van der Waals surface area contributed by atoms with Crippen molar-refractivity contribution in [2.45, 2.75) is 31.1 Å². The van der Waals surface area contributed by atoms with E-state index < -0.39 is 17.6 Å². The highest BCUT2D eigenvalue weighted by Crippen LogP contribution is 2.37. The first-order chi connectivity index (χ1) is 15.7. The fourth-order valence-corrected chi connectivity index (χ4v) is 4.95. The van der Waals surface area contributed by atoms with E-state index in [-0.39, 0.29) is 24.3 Å². The average Bonchev–Trinajstić information content (AvgIpc) is 3.17. The number of halogens is 5. The maximum absolute atomic E-state index is 14.1. The number of hydrogen-bond acceptors (Lipinski definition) is 2. The molecule has 174 valence electrons. The van der Waals surface area contributed by atoms with Crippen molar-refractivity contribution in [3.63, 3.8) is 0 Å². The largest absolute Gasteiger partial charge is 0.419 e. The second kappa shape index (κ2) is 9.84. The third-order valence-electron chi connectivity index (χ3n) is 6.33. The molecule has 7 heteroatoms. The zero-order valence-corrected chi connectivity index (χ0v) is 18.7. The first-order valence-corrected chi connectivity index (χ1v) is 11.2. The predicted molar refractivity (Wildman–Crippen MR) is 122 cm³/mol. The van der Waals surface area contributed by atoms with E-state index in [1.165, 1.54) is 11.6 Å². The summed E-state index contributed by atoms with van der Waals surface area (Å²) in [5.41, 5.74) is 8.08. The van der Waals surface area contributed by atoms with Crippen LogP contribution in [0.25, 0.3) is 0 Å². The Morgan fingerprint density at radius 3 is 2.36 bits per heavy atom. The van der Waals surface area contributed by atoms with Gasteiger partial charge in [0.2, 0.25) is 0 Å². The van der Waals surface area contributed by atoms with Gasteiger partial charge in [-0.25, -0.2) is 4.39 Å². The van der Waals surface area contributed by atoms with Crippen LogP contribution in [0.2, 0.25) is 5.02 Å². The van der Waals surface area contributed by atoms with Gasteiger partial charge in [0, 0.05) is 36.6 Å². The van der Waals surface area contributed by atoms with Crippen molar-refractivity contribution < 1.29 is 17.6 Å². The fourth-order valence-electron chi connectivity index (χ4n) is 4.75. The van der Waals surface area contributed by atoms with Crippen molar-refractivity contribution in [1.29, 1.82) is 0 Å². The van der Waals surface area contributed by atoms with Gasteiger partial charge in [-0.3, -0.25) is 4.90 Å². The van der Waals surface area contributed by atoms with Gasteiger partial charge in [-0.1, -0.05) is 60.1 Å². The van der Waals surface area contributed by atoms with Gasteiger partial charge < -0.3 is 5.73 Å². The molecule has 0 radical (unpaired) electrons. The van der Waals surface area contributed by atoms with Gasteiger partial charge in [0.05, 0.1) is 5.56 Å². The van der Waals surface area contributed by atoms with Crippen molar-refractivity contribution >= 4 is 11.6 Å². The standard InChI is InChI=1S/C26H25ClF4N2/c27-20-8-4-7-19(13-20)21-15-33(14-17-5-2-1-3-6-17)16-22(21)25(32)12-18-9-10-23(24(28)11-18)26(29,30)31/h1-11,13,21-22,25H,12,14-16,32H2. The number of nitrogens with zero attached hydrogens (tertiary/aromatic N) is 1. The highest BCUT2D eigenvalue weighted by atomic mass is 35.5. The molecule has 3 atom stereocenters. The molecule has 33 heavy (non-hydrogen) atoms. The Kier molecular flexibility index (Phi) is 7.07. The maximum Gasteiger partial charge on any atom is 0.419 e. The lowest BCUT2D eigenvalue weighted by Crippen LogP contribution is -2.36. The molecule has 1 fully saturated rings. The van der Waals surface area contributed by atoms with E-state index in [1.54, 1.807) is 0 Å². The molecule has 0 aromatic heterocycles. The van der Waals surface area contributed by atoms with Gasteiger partial charge in [-0.2, -0.15) is 13.2 Å². The van der Waals surface area contributed by atoms with Crippen molar-refractivity contribution in [2.75, 3.05) is 13.1 Å². The first-order valence-electron chi connectivity index (χ1n) is 10.8. The Hall–Kier alpha value is -2.41. The molecule has 0 spiro atoms. The number of alkyl halides is 3. The molecule has 0 aliphatic carbocycles. The zero-order chi connectivity index (χ0) is 23.6. The molecule has 1 heterocycles. The van der Waals surface area contributed by atoms with Crippen LogP contribution in [0.1, 0.15) is 28.2 Å². The van der Waals surface area contributed by atoms with Crippen LogP contribution in [0.5, 0.6) is 0 Å². The summed E-state index contributed by atoms with van der Waals surface area (Å²) >= 11 is 6.24. The zero-order valence-electron chi connectivity index (χ0n) is 17.9. The van der Waals surface area contributed by atoms with Gasteiger partial charge in [-0.15, -0.1) is 0 Å². The molecule has 4 rings (SSSR count). The molecule has 1 aliphatic rings. The molecular formula is C26H25ClF4N2. The Morgan fingerprint density at radius 1 is 0.939 bits per heavy atom. The summed E-state index contributed by atoms with van der Waals surface area (Å²) in [5, 5.41) is 0.645. The highest BCUT2D eigenvalue weighted by Gasteiger charge is 2.38. The summed E-state index contributed by atoms with van der Waals surface area (Å²) in [4.78, 5) is 2.33. The van der Waals surface area contributed by atoms with Crippen LogP contribution in [0.4, 0.5) is 17.6 Å². The SMILES string of the molecule is NC(Cc1ccc(C(F)(F)F)c(F)c1)C1CN(Cc2ccccc2)CC1c1cccc(Cl)c1. The number of rotatable bonds is 6. The maximum atomic E-state index is 14.1. The molecule has 0 saturated carbocycles. The average molecular weight is 477 g/mol. The number of nitrogens with two attached hydrogens (primary N) is 1. The Balaban J connectivity index is 1.55. The molecule has 2 N–H and O–H groups in total. The van der Waals surface area contributed by atoms with E-state index >= 15 is 0 Å². The Bertz CT molecular complexity index is 1090. The van der Waals surface area contributed by atoms with Crippen LogP contribution >= 0.6 is 11.6 Å². The van der Waals surface area contributed by atoms with Gasteiger partial charge in [-0.05, 0) is 53.3 Å². The third kappa shape index (κ3) is 5.75. The topological polar surface area (TPSA) is 29.3 Å². The smallest absolute Gasteiger partial charge is 0.327 e. The van der Waals surface area contributed by atoms with Crippen LogP contribution in [0.15, 0.2) is 72.8 Å². The molecule has 0 amide bonds. The molecule has 3 aromatic carbocycles. The second-order valence-electron chi connectivity index (χ2n) is 8.68. The highest BCUT2D eigenvalue weighted by molar-refractivity contribution is 6.30. The van der Waals surface area contributed by atoms with E-state index in [9.17, 15) is 17.6 Å². The molecule has 1 saturated heterocycles. The number of benzene rings is 3. The van der Waals surface area contributed by atoms with E-state index in [0.29, 0.717) is 10.6 Å². The molecule has 1 aliphatic heterocycles. The summed E-state index contributed by atoms with van der Waals surface area (Å²) in [6, 6.07) is 20.5. The number of hydrogen-bond donors (Lipinski definition) is 1. The molecular weight excluding hydrogens is 452 g/mol. The van der Waals surface area contributed by atoms with Gasteiger partial charge in [0.1, 0.15) is 5.82 Å². The Morgan fingerprint density at radius 2 is 1.70 bits per heavy atom. The summed E-state index contributed by atoms with van der Waals surface area (Å²) in [7, 11) is 0. The lowest BCUT2D eigenvalue weighted by atomic mass is 9.82. The summed E-state index contributed by atoms with van der Waals surface area (Å²) in [6.45, 7) is 2.29. The summed E-state index contributed by atoms with van der Waals surface area (Å²) < 4.78 is 52.8. The minimum atomic E-state index is -4.72. The van der Waals surface area contributed by atoms with Crippen molar-refractivity contribution in [2.24, 2.45) is 11.7 Å². The lowest BCUT2D eigenvalue weighted by molar-refractivity contribution is -0.140. The second-order valence-corrected chi connectivity index (χ2v) is 9.12. The molecule has 3 unspecified atom stereocenters. The van der Waals surface area contributed by atoms with E-state index in [1.807, 2.05) is 42.5 Å². The van der Waals surface area contributed by atoms with E-state index in [2.05, 4.69) is 17.0 Å². The van der Waals surface area contributed by atoms with Crippen LogP contribution < -0.4 is 5.73 Å². The van der Waals surface area contributed by atoms with Gasteiger partial charge >= 0.3 is 6.18 Å². The number of likely N-dealkylation sites (tertiary alicyclic amines) is 1. The quantitative estimate of drug-likeness (QED) is 0.424. The van der Waals surface area contributed by atoms with Crippen LogP contribution in [0.3, 0.4) is 0 Å². The summed E-state index contributed by atoms with van der Waals surface area (Å²) in [5.74, 6) is -1.12. The van der Waals surface area contributed by atoms with Gasteiger partial charge in [0.25, 0.3) is 0 Å². The molecule has 3 aromatic rings. The van der Waals surface area contributed by atoms with Gasteiger partial charge in [0.15, 0.2) is 0 Å². The molecule has 0 bridgehead atoms. The van der Waals surface area contributed by atoms with E-state index in [4.69, 9.17) is 17.3 Å². The monoisotopic (exact) mass is 476 g/mol. The van der Waals surface area contributed by atoms with Crippen LogP contribution in [0, 0.1) is 11.7 Å². The molecule has 2 nitrogen and oxygen atoms in total. The van der Waals surface area contributed by atoms with E-state index in [0.717, 1.165) is 37.3 Å². The lowest BCUT2D eigenvalue weighted by Gasteiger charge is -2.26. The predicted octanol–water partition coefficient (Wildman–Crippen LogP) is 6.28. The normalized spacial score (nSPS) is 20.2. The minimum Gasteiger partial charge on any atom is -0.327 e. The third-order valence-corrected chi connectivity index (χ3v) is 6.56. The van der Waals surface area contributed by atoms with Crippen LogP contribution in [-0.2, 0) is 19.1 Å².